The van der Waals surface area contributed by atoms with Crippen LogP contribution in [-0.4, -0.2) is 15.0 Å². The van der Waals surface area contributed by atoms with Gasteiger partial charge in [-0.05, 0) is 131 Å². The normalized spacial score (nSPS) is 11.7. The largest absolute Gasteiger partial charge is 3.00 e. The molecule has 10 aromatic rings. The fourth-order valence-corrected chi connectivity index (χ4v) is 9.33. The molecule has 0 atom stereocenters. The summed E-state index contributed by atoms with van der Waals surface area (Å²) in [6, 6.07) is 68.7. The minimum atomic E-state index is -2.28. The fraction of sp³-hybridized carbons (Fsp3) is 0.108. The van der Waals surface area contributed by atoms with E-state index in [1.165, 1.54) is 40.6 Å². The number of pyridine rings is 3. The van der Waals surface area contributed by atoms with Crippen molar-refractivity contribution in [3.63, 3.8) is 0 Å². The first-order valence-corrected chi connectivity index (χ1v) is 23.4. The minimum absolute atomic E-state index is 0. The molecule has 0 amide bonds. The third kappa shape index (κ3) is 10.9. The monoisotopic (exact) mass is 1100 g/mol. The van der Waals surface area contributed by atoms with Gasteiger partial charge in [0.15, 0.2) is 0 Å². The van der Waals surface area contributed by atoms with Crippen LogP contribution < -0.4 is 0 Å². The summed E-state index contributed by atoms with van der Waals surface area (Å²) in [4.78, 5) is 13.6. The average Bonchev–Trinajstić information content (AvgIpc) is 3.42. The molecule has 0 radical (unpaired) electrons. The molecular formula is C65H48FIrN4. The van der Waals surface area contributed by atoms with Crippen LogP contribution in [0.3, 0.4) is 0 Å². The van der Waals surface area contributed by atoms with E-state index in [0.717, 1.165) is 98.3 Å². The van der Waals surface area contributed by atoms with Crippen LogP contribution in [0.1, 0.15) is 48.6 Å². The van der Waals surface area contributed by atoms with Gasteiger partial charge in [-0.25, -0.2) is 4.39 Å². The maximum Gasteiger partial charge on any atom is 3.00 e. The van der Waals surface area contributed by atoms with Crippen LogP contribution in [0.2, 0.25) is 0 Å². The molecule has 10 rings (SSSR count). The van der Waals surface area contributed by atoms with Crippen LogP contribution in [0.25, 0.3) is 78.3 Å². The topological polar surface area (TPSA) is 62.5 Å². The number of nitriles is 1. The van der Waals surface area contributed by atoms with E-state index >= 15 is 4.39 Å². The number of hydrogen-bond donors (Lipinski definition) is 0. The van der Waals surface area contributed by atoms with Gasteiger partial charge in [0.05, 0.1) is 5.56 Å². The summed E-state index contributed by atoms with van der Waals surface area (Å²) in [7, 11) is 0. The van der Waals surface area contributed by atoms with Crippen LogP contribution >= 0.6 is 0 Å². The summed E-state index contributed by atoms with van der Waals surface area (Å²) in [5, 5.41) is 9.43. The third-order valence-corrected chi connectivity index (χ3v) is 12.8. The van der Waals surface area contributed by atoms with E-state index in [0.29, 0.717) is 16.8 Å². The van der Waals surface area contributed by atoms with Crippen LogP contribution in [0.5, 0.6) is 0 Å². The Balaban J connectivity index is 0.00000672. The Morgan fingerprint density at radius 2 is 1.08 bits per heavy atom. The predicted octanol–water partition coefficient (Wildman–Crippen LogP) is 15.4. The molecule has 0 aliphatic heterocycles. The standard InChI is InChI=1S/C65H48FN4.Ir/c1-43-14-31-64(70-42-43)52-29-30-59(60(39-52)55-34-44(2)65(45(3)35-55)53-27-28-54(41-67)61(66)40-53)58-11-5-4-10-57(58)56-37-48(17-15-46-19-23-50(24-20-46)62-12-6-8-32-68-62)36-49(38-56)18-16-47-21-25-51(26-22-47)63-13-7-9-33-69-63;/h4-14,19-23,25,27-28,30-40,42H,15-18H2,1-3H3;/q-3;+3/i1D3;. The fourth-order valence-electron chi connectivity index (χ4n) is 9.33. The van der Waals surface area contributed by atoms with Crippen molar-refractivity contribution in [2.45, 2.75) is 46.4 Å². The maximum absolute atomic E-state index is 15.0. The molecule has 0 saturated carbocycles. The Morgan fingerprint density at radius 3 is 1.62 bits per heavy atom. The zero-order chi connectivity index (χ0) is 50.5. The SMILES string of the molecule is [2H]C([2H])([2H])c1ccc(-c2[c-]cc(-c3ccccc3-c3cc(CCc4c[c-]c(-c5ccccn5)cc4)cc(CCc4c[c-]c(-c5ccccn5)cc4)c3)c(-c3cc(C)c(-c4ccc(C#N)c(F)c4)c(C)c3)c2)nc1.[Ir+3]. The molecule has 3 heterocycles. The number of nitrogens with zero attached hydrogens (tertiary/aromatic N) is 4. The molecule has 7 aromatic carbocycles. The van der Waals surface area contributed by atoms with Gasteiger partial charge in [0.25, 0.3) is 0 Å². The quantitative estimate of drug-likeness (QED) is 0.108. The Labute approximate surface area is 434 Å². The first-order valence-electron chi connectivity index (χ1n) is 24.9. The van der Waals surface area contributed by atoms with Crippen LogP contribution in [0.4, 0.5) is 4.39 Å². The van der Waals surface area contributed by atoms with E-state index in [-0.39, 0.29) is 31.2 Å². The van der Waals surface area contributed by atoms with E-state index < -0.39 is 12.7 Å². The second kappa shape index (κ2) is 21.8. The van der Waals surface area contributed by atoms with Gasteiger partial charge in [-0.3, -0.25) is 0 Å². The van der Waals surface area contributed by atoms with Crippen LogP contribution in [0, 0.1) is 56.0 Å². The molecule has 344 valence electrons. The van der Waals surface area contributed by atoms with E-state index in [1.807, 2.05) is 62.4 Å². The number of hydrogen-bond acceptors (Lipinski definition) is 4. The van der Waals surface area contributed by atoms with E-state index in [1.54, 1.807) is 30.6 Å². The van der Waals surface area contributed by atoms with Gasteiger partial charge in [0.1, 0.15) is 11.9 Å². The molecule has 6 heteroatoms. The molecule has 4 nitrogen and oxygen atoms in total. The van der Waals surface area contributed by atoms with Crippen molar-refractivity contribution in [3.05, 3.63) is 257 Å². The first-order chi connectivity index (χ1) is 35.5. The summed E-state index contributed by atoms with van der Waals surface area (Å²) < 4.78 is 38.8. The average molecular weight is 1100 g/mol. The van der Waals surface area contributed by atoms with Crippen molar-refractivity contribution in [1.29, 1.82) is 5.26 Å². The summed E-state index contributed by atoms with van der Waals surface area (Å²) >= 11 is 0. The second-order valence-corrected chi connectivity index (χ2v) is 17.6. The second-order valence-electron chi connectivity index (χ2n) is 17.6. The number of aromatic nitrogens is 3. The van der Waals surface area contributed by atoms with Gasteiger partial charge in [0.2, 0.25) is 0 Å². The maximum atomic E-state index is 15.0. The van der Waals surface area contributed by atoms with E-state index in [2.05, 4.69) is 130 Å². The Kier molecular flexibility index (Phi) is 13.6. The van der Waals surface area contributed by atoms with Crippen molar-refractivity contribution in [2.24, 2.45) is 0 Å². The third-order valence-electron chi connectivity index (χ3n) is 12.8. The summed E-state index contributed by atoms with van der Waals surface area (Å²) in [6.07, 6.45) is 8.32. The molecule has 0 unspecified atom stereocenters. The zero-order valence-corrected chi connectivity index (χ0v) is 41.6. The van der Waals surface area contributed by atoms with Crippen LogP contribution in [0.15, 0.2) is 188 Å². The predicted molar refractivity (Wildman–Crippen MR) is 281 cm³/mol. The summed E-state index contributed by atoms with van der Waals surface area (Å²) in [6.45, 7) is 1.76. The Morgan fingerprint density at radius 1 is 0.507 bits per heavy atom. The van der Waals surface area contributed by atoms with Gasteiger partial charge >= 0.3 is 20.1 Å². The van der Waals surface area contributed by atoms with Crippen molar-refractivity contribution >= 4 is 0 Å². The van der Waals surface area contributed by atoms with Gasteiger partial charge in [-0.15, -0.1) is 94.5 Å². The molecule has 0 fully saturated rings. The molecule has 0 saturated heterocycles. The smallest absolute Gasteiger partial charge is 0.305 e. The molecular weight excluding hydrogens is 1050 g/mol. The van der Waals surface area contributed by atoms with Crippen LogP contribution in [-0.2, 0) is 45.8 Å². The molecule has 0 spiro atoms. The molecule has 71 heavy (non-hydrogen) atoms. The summed E-state index contributed by atoms with van der Waals surface area (Å²) in [5.74, 6) is -0.559. The molecule has 0 N–H and O–H groups in total. The van der Waals surface area contributed by atoms with Crippen molar-refractivity contribution < 1.29 is 28.6 Å². The van der Waals surface area contributed by atoms with Gasteiger partial charge in [-0.2, -0.15) is 5.26 Å². The molecule has 0 bridgehead atoms. The van der Waals surface area contributed by atoms with E-state index in [9.17, 15) is 5.26 Å². The van der Waals surface area contributed by atoms with Crippen molar-refractivity contribution in [3.8, 4) is 84.3 Å². The Hall–Kier alpha value is -7.94. The van der Waals surface area contributed by atoms with E-state index in [4.69, 9.17) is 4.11 Å². The molecule has 0 aliphatic carbocycles. The van der Waals surface area contributed by atoms with Gasteiger partial charge in [-0.1, -0.05) is 127 Å². The Bertz CT molecular complexity index is 3500. The number of halogens is 1. The minimum Gasteiger partial charge on any atom is -0.305 e. The van der Waals surface area contributed by atoms with Crippen molar-refractivity contribution in [2.75, 3.05) is 0 Å². The first kappa shape index (κ1) is 44.3. The number of aryl methyl sites for hydroxylation is 7. The van der Waals surface area contributed by atoms with Gasteiger partial charge in [0, 0.05) is 22.7 Å². The number of benzene rings is 7. The number of rotatable bonds is 13. The zero-order valence-electron chi connectivity index (χ0n) is 42.2. The van der Waals surface area contributed by atoms with Gasteiger partial charge < -0.3 is 15.0 Å². The molecule has 3 aromatic heterocycles. The van der Waals surface area contributed by atoms with Crippen molar-refractivity contribution in [1.82, 2.24) is 15.0 Å². The summed E-state index contributed by atoms with van der Waals surface area (Å²) in [5.41, 5.74) is 19.5. The molecule has 0 aliphatic rings.